The zero-order valence-electron chi connectivity index (χ0n) is 22.8. The third-order valence-electron chi connectivity index (χ3n) is 8.25. The quantitative estimate of drug-likeness (QED) is 0.416. The van der Waals surface area contributed by atoms with Crippen LogP contribution < -0.4 is 9.64 Å². The normalized spacial score (nSPS) is 21.0. The molecule has 0 bridgehead atoms. The molecule has 36 heavy (non-hydrogen) atoms. The lowest BCUT2D eigenvalue weighted by Gasteiger charge is -2.37. The van der Waals surface area contributed by atoms with Crippen molar-refractivity contribution in [3.63, 3.8) is 0 Å². The fourth-order valence-electron chi connectivity index (χ4n) is 5.58. The highest BCUT2D eigenvalue weighted by Crippen LogP contribution is 2.25. The van der Waals surface area contributed by atoms with E-state index in [9.17, 15) is 4.79 Å². The SMILES string of the molecule is CCc1ccc(C)c(C(=O)N2CCN(c3ccc(OCCCN4CC(CC)CCC4C)cc3)CC2)c1. The molecule has 4 rings (SSSR count). The zero-order chi connectivity index (χ0) is 25.5. The second kappa shape index (κ2) is 12.6. The highest BCUT2D eigenvalue weighted by atomic mass is 16.5. The first-order valence-corrected chi connectivity index (χ1v) is 14.1. The first-order valence-electron chi connectivity index (χ1n) is 14.1. The van der Waals surface area contributed by atoms with Gasteiger partial charge in [-0.1, -0.05) is 32.4 Å². The molecule has 0 saturated carbocycles. The summed E-state index contributed by atoms with van der Waals surface area (Å²) in [6.45, 7) is 15.2. The van der Waals surface area contributed by atoms with Crippen molar-refractivity contribution in [3.8, 4) is 5.75 Å². The standard InChI is InChI=1S/C31H45N3O2/c1-5-26-10-8-24(3)30(22-26)31(35)33-19-17-32(18-20-33)28-12-14-29(15-13-28)36-21-7-16-34-23-27(6-2)11-9-25(34)4/h8,10,12-15,22,25,27H,5-7,9,11,16-21,23H2,1-4H3. The van der Waals surface area contributed by atoms with E-state index in [4.69, 9.17) is 4.74 Å². The Labute approximate surface area is 218 Å². The van der Waals surface area contributed by atoms with Gasteiger partial charge in [-0.25, -0.2) is 0 Å². The number of nitrogens with zero attached hydrogens (tertiary/aromatic N) is 3. The number of piperazine rings is 1. The average Bonchev–Trinajstić information content (AvgIpc) is 2.92. The monoisotopic (exact) mass is 491 g/mol. The molecule has 2 aliphatic heterocycles. The second-order valence-electron chi connectivity index (χ2n) is 10.7. The first kappa shape index (κ1) is 26.5. The predicted octanol–water partition coefficient (Wildman–Crippen LogP) is 5.80. The van der Waals surface area contributed by atoms with E-state index in [0.29, 0.717) is 6.04 Å². The number of hydrogen-bond acceptors (Lipinski definition) is 4. The maximum atomic E-state index is 13.1. The molecule has 2 heterocycles. The molecule has 5 nitrogen and oxygen atoms in total. The smallest absolute Gasteiger partial charge is 0.254 e. The topological polar surface area (TPSA) is 36.0 Å². The van der Waals surface area contributed by atoms with E-state index in [1.165, 1.54) is 37.1 Å². The summed E-state index contributed by atoms with van der Waals surface area (Å²) in [7, 11) is 0. The van der Waals surface area contributed by atoms with Crippen LogP contribution in [-0.4, -0.2) is 67.6 Å². The molecule has 0 aliphatic carbocycles. The Kier molecular flexibility index (Phi) is 9.30. The molecule has 0 spiro atoms. The Morgan fingerprint density at radius 1 is 1.00 bits per heavy atom. The van der Waals surface area contributed by atoms with Gasteiger partial charge in [0.2, 0.25) is 0 Å². The van der Waals surface area contributed by atoms with E-state index >= 15 is 0 Å². The van der Waals surface area contributed by atoms with Gasteiger partial charge in [0.1, 0.15) is 5.75 Å². The molecule has 196 valence electrons. The van der Waals surface area contributed by atoms with Gasteiger partial charge in [0, 0.05) is 56.6 Å². The van der Waals surface area contributed by atoms with Gasteiger partial charge in [-0.3, -0.25) is 4.79 Å². The number of ether oxygens (including phenoxy) is 1. The molecule has 2 aliphatic rings. The number of hydrogen-bond donors (Lipinski definition) is 0. The minimum atomic E-state index is 0.162. The summed E-state index contributed by atoms with van der Waals surface area (Å²) in [5, 5.41) is 0. The van der Waals surface area contributed by atoms with E-state index in [-0.39, 0.29) is 5.91 Å². The van der Waals surface area contributed by atoms with Crippen molar-refractivity contribution in [3.05, 3.63) is 59.2 Å². The van der Waals surface area contributed by atoms with Gasteiger partial charge in [-0.05, 0) is 86.9 Å². The largest absolute Gasteiger partial charge is 0.494 e. The Bertz CT molecular complexity index is 982. The Balaban J connectivity index is 1.21. The van der Waals surface area contributed by atoms with E-state index in [1.54, 1.807) is 0 Å². The molecule has 0 radical (unpaired) electrons. The van der Waals surface area contributed by atoms with Gasteiger partial charge in [0.15, 0.2) is 0 Å². The van der Waals surface area contributed by atoms with E-state index in [2.05, 4.69) is 73.0 Å². The van der Waals surface area contributed by atoms with Crippen LogP contribution in [0.4, 0.5) is 5.69 Å². The fourth-order valence-corrected chi connectivity index (χ4v) is 5.58. The van der Waals surface area contributed by atoms with Crippen LogP contribution in [0, 0.1) is 12.8 Å². The Morgan fingerprint density at radius 3 is 2.44 bits per heavy atom. The fraction of sp³-hybridized carbons (Fsp3) is 0.581. The minimum Gasteiger partial charge on any atom is -0.494 e. The van der Waals surface area contributed by atoms with E-state index in [1.807, 2.05) is 11.8 Å². The lowest BCUT2D eigenvalue weighted by molar-refractivity contribution is 0.0746. The van der Waals surface area contributed by atoms with Gasteiger partial charge >= 0.3 is 0 Å². The molecule has 0 N–H and O–H groups in total. The Hall–Kier alpha value is -2.53. The number of carbonyl (C=O) groups is 1. The maximum absolute atomic E-state index is 13.1. The molecular formula is C31H45N3O2. The summed E-state index contributed by atoms with van der Waals surface area (Å²) in [6, 6.07) is 15.4. The van der Waals surface area contributed by atoms with Crippen molar-refractivity contribution in [2.24, 2.45) is 5.92 Å². The van der Waals surface area contributed by atoms with E-state index < -0.39 is 0 Å². The first-order chi connectivity index (χ1) is 17.5. The molecule has 2 atom stereocenters. The summed E-state index contributed by atoms with van der Waals surface area (Å²) >= 11 is 0. The molecule has 2 fully saturated rings. The molecule has 1 amide bonds. The summed E-state index contributed by atoms with van der Waals surface area (Å²) in [5.41, 5.74) is 4.33. The molecule has 2 unspecified atom stereocenters. The molecule has 2 saturated heterocycles. The zero-order valence-corrected chi connectivity index (χ0v) is 22.8. The average molecular weight is 492 g/mol. The van der Waals surface area contributed by atoms with Crippen LogP contribution >= 0.6 is 0 Å². The third kappa shape index (κ3) is 6.61. The molecule has 2 aromatic rings. The van der Waals surface area contributed by atoms with Gasteiger partial charge < -0.3 is 19.4 Å². The molecular weight excluding hydrogens is 446 g/mol. The van der Waals surface area contributed by atoms with Crippen molar-refractivity contribution >= 4 is 11.6 Å². The number of carbonyl (C=O) groups excluding carboxylic acids is 1. The van der Waals surface area contributed by atoms with Crippen molar-refractivity contribution in [2.45, 2.75) is 65.8 Å². The van der Waals surface area contributed by atoms with Crippen molar-refractivity contribution < 1.29 is 9.53 Å². The van der Waals surface area contributed by atoms with Crippen LogP contribution in [0.25, 0.3) is 0 Å². The number of amides is 1. The third-order valence-corrected chi connectivity index (χ3v) is 8.25. The predicted molar refractivity (Wildman–Crippen MR) is 149 cm³/mol. The summed E-state index contributed by atoms with van der Waals surface area (Å²) in [5.74, 6) is 1.97. The summed E-state index contributed by atoms with van der Waals surface area (Å²) in [6.07, 6.45) is 6.03. The number of likely N-dealkylation sites (tertiary alicyclic amines) is 1. The number of aryl methyl sites for hydroxylation is 2. The van der Waals surface area contributed by atoms with E-state index in [0.717, 1.165) is 75.0 Å². The molecule has 2 aromatic carbocycles. The van der Waals surface area contributed by atoms with Crippen LogP contribution in [0.1, 0.15) is 67.9 Å². The number of anilines is 1. The highest BCUT2D eigenvalue weighted by Gasteiger charge is 2.25. The number of rotatable bonds is 9. The lowest BCUT2D eigenvalue weighted by atomic mass is 9.91. The maximum Gasteiger partial charge on any atom is 0.254 e. The summed E-state index contributed by atoms with van der Waals surface area (Å²) in [4.78, 5) is 20.2. The summed E-state index contributed by atoms with van der Waals surface area (Å²) < 4.78 is 6.06. The van der Waals surface area contributed by atoms with Gasteiger partial charge in [0.25, 0.3) is 5.91 Å². The van der Waals surface area contributed by atoms with Gasteiger partial charge in [0.05, 0.1) is 6.61 Å². The van der Waals surface area contributed by atoms with Crippen molar-refractivity contribution in [1.82, 2.24) is 9.80 Å². The molecule has 5 heteroatoms. The van der Waals surface area contributed by atoms with Crippen LogP contribution in [0.5, 0.6) is 5.75 Å². The minimum absolute atomic E-state index is 0.162. The van der Waals surface area contributed by atoms with Crippen LogP contribution in [-0.2, 0) is 6.42 Å². The Morgan fingerprint density at radius 2 is 1.75 bits per heavy atom. The van der Waals surface area contributed by atoms with Crippen LogP contribution in [0.15, 0.2) is 42.5 Å². The lowest BCUT2D eigenvalue weighted by Crippen LogP contribution is -2.49. The van der Waals surface area contributed by atoms with Gasteiger partial charge in [-0.2, -0.15) is 0 Å². The van der Waals surface area contributed by atoms with Crippen LogP contribution in [0.2, 0.25) is 0 Å². The number of piperidine rings is 1. The molecule has 0 aromatic heterocycles. The van der Waals surface area contributed by atoms with Crippen LogP contribution in [0.3, 0.4) is 0 Å². The second-order valence-corrected chi connectivity index (χ2v) is 10.7. The van der Waals surface area contributed by atoms with Crippen molar-refractivity contribution in [1.29, 1.82) is 0 Å². The number of benzene rings is 2. The van der Waals surface area contributed by atoms with Crippen molar-refractivity contribution in [2.75, 3.05) is 50.8 Å². The van der Waals surface area contributed by atoms with Gasteiger partial charge in [-0.15, -0.1) is 0 Å². The highest BCUT2D eigenvalue weighted by molar-refractivity contribution is 5.96.